The molecule has 0 bridgehead atoms. The van der Waals surface area contributed by atoms with E-state index in [4.69, 9.17) is 5.11 Å². The lowest BCUT2D eigenvalue weighted by molar-refractivity contribution is 0.0696. The summed E-state index contributed by atoms with van der Waals surface area (Å²) < 4.78 is 14.7. The summed E-state index contributed by atoms with van der Waals surface area (Å²) >= 11 is 0. The van der Waals surface area contributed by atoms with Crippen LogP contribution in [0.15, 0.2) is 36.4 Å². The van der Waals surface area contributed by atoms with Crippen LogP contribution in [0.1, 0.15) is 61.9 Å². The molecule has 5 nitrogen and oxygen atoms in total. The lowest BCUT2D eigenvalue weighted by Gasteiger charge is -2.24. The van der Waals surface area contributed by atoms with Gasteiger partial charge in [0.05, 0.1) is 17.2 Å². The van der Waals surface area contributed by atoms with E-state index in [9.17, 15) is 14.0 Å². The summed E-state index contributed by atoms with van der Waals surface area (Å²) in [5.74, 6) is -2.25. The number of carboxylic acids is 1. The van der Waals surface area contributed by atoms with Gasteiger partial charge >= 0.3 is 5.97 Å². The Morgan fingerprint density at radius 1 is 1.17 bits per heavy atom. The highest BCUT2D eigenvalue weighted by atomic mass is 19.1. The fraction of sp³-hybridized carbons (Fsp3) is 0.261. The van der Waals surface area contributed by atoms with Crippen molar-refractivity contribution >= 4 is 11.8 Å². The Morgan fingerprint density at radius 2 is 1.90 bits per heavy atom. The number of carbonyl (C=O) groups is 2. The van der Waals surface area contributed by atoms with Crippen molar-refractivity contribution in [3.05, 3.63) is 75.7 Å². The number of H-pyrrole nitrogens is 1. The third kappa shape index (κ3) is 3.24. The van der Waals surface area contributed by atoms with E-state index >= 15 is 0 Å². The second-order valence-electron chi connectivity index (χ2n) is 7.54. The lowest BCUT2D eigenvalue weighted by Crippen LogP contribution is -2.20. The highest BCUT2D eigenvalue weighted by molar-refractivity contribution is 6.04. The minimum Gasteiger partial charge on any atom is -0.478 e. The zero-order valence-corrected chi connectivity index (χ0v) is 16.3. The van der Waals surface area contributed by atoms with Crippen LogP contribution in [0.25, 0.3) is 11.3 Å². The zero-order chi connectivity index (χ0) is 20.7. The predicted octanol–water partition coefficient (Wildman–Crippen LogP) is 4.83. The molecule has 3 aromatic rings. The number of fused-ring (bicyclic) bond motifs is 1. The van der Waals surface area contributed by atoms with Gasteiger partial charge in [0.2, 0.25) is 0 Å². The molecule has 0 radical (unpaired) electrons. The number of benzene rings is 2. The third-order valence-electron chi connectivity index (χ3n) is 5.67. The second kappa shape index (κ2) is 7.28. The number of aromatic amines is 1. The average molecular weight is 392 g/mol. The molecule has 1 aliphatic rings. The molecule has 6 heteroatoms. The highest BCUT2D eigenvalue weighted by Crippen LogP contribution is 2.40. The van der Waals surface area contributed by atoms with Gasteiger partial charge in [-0.15, -0.1) is 0 Å². The van der Waals surface area contributed by atoms with E-state index in [2.05, 4.69) is 10.2 Å². The standard InChI is InChI=1S/C23H21FN2O3/c1-12-5-3-6-13(2)19(12)22(27)16-7-4-8-18-20(16)21(26-25-18)15-10-9-14(23(28)29)11-17(15)24/h3,5-6,9-11,16H,4,7-8H2,1-2H3,(H,25,26)(H,28,29). The van der Waals surface area contributed by atoms with Crippen LogP contribution in [-0.2, 0) is 6.42 Å². The van der Waals surface area contributed by atoms with Crippen molar-refractivity contribution in [1.82, 2.24) is 10.2 Å². The number of aromatic carboxylic acids is 1. The molecule has 0 saturated heterocycles. The summed E-state index contributed by atoms with van der Waals surface area (Å²) in [6.07, 6.45) is 2.26. The van der Waals surface area contributed by atoms with Crippen LogP contribution in [0.2, 0.25) is 0 Å². The molecule has 1 heterocycles. The summed E-state index contributed by atoms with van der Waals surface area (Å²) in [4.78, 5) is 24.6. The molecule has 4 rings (SSSR count). The quantitative estimate of drug-likeness (QED) is 0.623. The van der Waals surface area contributed by atoms with Gasteiger partial charge in [-0.3, -0.25) is 9.89 Å². The van der Waals surface area contributed by atoms with E-state index in [1.54, 1.807) is 0 Å². The van der Waals surface area contributed by atoms with E-state index in [-0.39, 0.29) is 16.9 Å². The van der Waals surface area contributed by atoms with Crippen LogP contribution in [-0.4, -0.2) is 27.1 Å². The maximum Gasteiger partial charge on any atom is 0.335 e. The maximum atomic E-state index is 14.7. The smallest absolute Gasteiger partial charge is 0.335 e. The molecule has 1 atom stereocenters. The molecule has 0 spiro atoms. The molecule has 1 aliphatic carbocycles. The number of nitrogens with zero attached hydrogens (tertiary/aromatic N) is 1. The third-order valence-corrected chi connectivity index (χ3v) is 5.67. The van der Waals surface area contributed by atoms with Crippen molar-refractivity contribution in [2.45, 2.75) is 39.0 Å². The van der Waals surface area contributed by atoms with E-state index in [0.717, 1.165) is 41.3 Å². The molecule has 0 amide bonds. The normalized spacial score (nSPS) is 15.8. The molecule has 2 N–H and O–H groups in total. The fourth-order valence-electron chi connectivity index (χ4n) is 4.27. The summed E-state index contributed by atoms with van der Waals surface area (Å²) in [5, 5.41) is 16.4. The molecule has 0 aliphatic heterocycles. The van der Waals surface area contributed by atoms with Gasteiger partial charge in [-0.05, 0) is 62.4 Å². The van der Waals surface area contributed by atoms with Gasteiger partial charge < -0.3 is 5.11 Å². The monoisotopic (exact) mass is 392 g/mol. The number of carbonyl (C=O) groups excluding carboxylic acids is 1. The Labute approximate surface area is 167 Å². The number of hydrogen-bond acceptors (Lipinski definition) is 3. The first-order chi connectivity index (χ1) is 13.9. The Kier molecular flexibility index (Phi) is 4.78. The maximum absolute atomic E-state index is 14.7. The highest BCUT2D eigenvalue weighted by Gasteiger charge is 2.34. The fourth-order valence-corrected chi connectivity index (χ4v) is 4.27. The Bertz CT molecular complexity index is 1110. The minimum absolute atomic E-state index is 0.0202. The number of halogens is 1. The summed E-state index contributed by atoms with van der Waals surface area (Å²) in [6.45, 7) is 3.84. The van der Waals surface area contributed by atoms with E-state index in [1.807, 2.05) is 32.0 Å². The van der Waals surface area contributed by atoms with Crippen molar-refractivity contribution in [2.24, 2.45) is 0 Å². The number of nitrogens with one attached hydrogen (secondary N) is 1. The second-order valence-corrected chi connectivity index (χ2v) is 7.54. The van der Waals surface area contributed by atoms with Gasteiger partial charge in [0.25, 0.3) is 0 Å². The van der Waals surface area contributed by atoms with Gasteiger partial charge in [-0.2, -0.15) is 5.10 Å². The first-order valence-electron chi connectivity index (χ1n) is 9.59. The minimum atomic E-state index is -1.19. The Morgan fingerprint density at radius 3 is 2.55 bits per heavy atom. The van der Waals surface area contributed by atoms with Crippen molar-refractivity contribution < 1.29 is 19.1 Å². The lowest BCUT2D eigenvalue weighted by atomic mass is 9.78. The van der Waals surface area contributed by atoms with Gasteiger partial charge in [0.15, 0.2) is 5.78 Å². The Hall–Kier alpha value is -3.28. The van der Waals surface area contributed by atoms with Gasteiger partial charge in [0, 0.05) is 22.4 Å². The predicted molar refractivity (Wildman–Crippen MR) is 107 cm³/mol. The van der Waals surface area contributed by atoms with Crippen LogP contribution >= 0.6 is 0 Å². The van der Waals surface area contributed by atoms with Gasteiger partial charge in [-0.1, -0.05) is 18.2 Å². The molecule has 0 fully saturated rings. The van der Waals surface area contributed by atoms with Crippen molar-refractivity contribution in [2.75, 3.05) is 0 Å². The number of carboxylic acid groups (broad SMARTS) is 1. The topological polar surface area (TPSA) is 83.0 Å². The van der Waals surface area contributed by atoms with E-state index in [0.29, 0.717) is 17.7 Å². The molecule has 0 saturated carbocycles. The number of hydrogen-bond donors (Lipinski definition) is 2. The molecule has 148 valence electrons. The molecule has 1 unspecified atom stereocenters. The van der Waals surface area contributed by atoms with Crippen LogP contribution in [0.3, 0.4) is 0 Å². The molecular weight excluding hydrogens is 371 g/mol. The van der Waals surface area contributed by atoms with Crippen LogP contribution in [0.4, 0.5) is 4.39 Å². The largest absolute Gasteiger partial charge is 0.478 e. The van der Waals surface area contributed by atoms with Crippen molar-refractivity contribution in [3.8, 4) is 11.3 Å². The van der Waals surface area contributed by atoms with Crippen molar-refractivity contribution in [3.63, 3.8) is 0 Å². The number of aryl methyl sites for hydroxylation is 3. The Balaban J connectivity index is 1.82. The molecule has 29 heavy (non-hydrogen) atoms. The molecular formula is C23H21FN2O3. The van der Waals surface area contributed by atoms with E-state index in [1.165, 1.54) is 12.1 Å². The van der Waals surface area contributed by atoms with Gasteiger partial charge in [0.1, 0.15) is 5.82 Å². The number of Topliss-reactive ketones (excluding diaryl/α,β-unsaturated/α-hetero) is 1. The zero-order valence-electron chi connectivity index (χ0n) is 16.3. The van der Waals surface area contributed by atoms with Crippen molar-refractivity contribution in [1.29, 1.82) is 0 Å². The van der Waals surface area contributed by atoms with Crippen LogP contribution < -0.4 is 0 Å². The summed E-state index contributed by atoms with van der Waals surface area (Å²) in [7, 11) is 0. The van der Waals surface area contributed by atoms with Crippen LogP contribution in [0, 0.1) is 19.7 Å². The molecule has 1 aromatic heterocycles. The first kappa shape index (κ1) is 19.1. The molecule has 2 aromatic carbocycles. The average Bonchev–Trinajstić information content (AvgIpc) is 3.11. The first-order valence-corrected chi connectivity index (χ1v) is 9.59. The number of aromatic nitrogens is 2. The SMILES string of the molecule is Cc1cccc(C)c1C(=O)C1CCCc2[nH]nc(-c3ccc(C(=O)O)cc3F)c21. The van der Waals surface area contributed by atoms with Crippen LogP contribution in [0.5, 0.6) is 0 Å². The summed E-state index contributed by atoms with van der Waals surface area (Å²) in [6, 6.07) is 9.53. The summed E-state index contributed by atoms with van der Waals surface area (Å²) in [5.41, 5.74) is 4.59. The van der Waals surface area contributed by atoms with E-state index < -0.39 is 17.7 Å². The number of ketones is 1. The van der Waals surface area contributed by atoms with Gasteiger partial charge in [-0.25, -0.2) is 9.18 Å². The number of rotatable bonds is 4.